The Balaban J connectivity index is 1.76. The highest BCUT2D eigenvalue weighted by Crippen LogP contribution is 2.78. The van der Waals surface area contributed by atoms with Crippen molar-refractivity contribution in [2.75, 3.05) is 6.54 Å². The maximum Gasteiger partial charge on any atom is 0.304 e. The van der Waals surface area contributed by atoms with Crippen molar-refractivity contribution >= 4 is 5.97 Å². The zero-order chi connectivity index (χ0) is 16.9. The van der Waals surface area contributed by atoms with E-state index >= 15 is 0 Å². The summed E-state index contributed by atoms with van der Waals surface area (Å²) in [5.74, 6) is 2.20. The number of hydrogen-bond donors (Lipinski definition) is 1. The Bertz CT molecular complexity index is 588. The summed E-state index contributed by atoms with van der Waals surface area (Å²) in [5, 5.41) is 9.97. The minimum Gasteiger partial charge on any atom is -0.481 e. The van der Waals surface area contributed by atoms with Gasteiger partial charge in [-0.25, -0.2) is 0 Å². The van der Waals surface area contributed by atoms with Gasteiger partial charge in [0.2, 0.25) is 0 Å². The van der Waals surface area contributed by atoms with Gasteiger partial charge in [-0.2, -0.15) is 0 Å². The maximum atomic E-state index is 12.1. The minimum atomic E-state index is -0.541. The molecular formula is C21H33NO2. The van der Waals surface area contributed by atoms with Crippen LogP contribution in [-0.4, -0.2) is 34.1 Å². The van der Waals surface area contributed by atoms with Gasteiger partial charge in [-0.15, -0.1) is 0 Å². The molecule has 0 aromatic heterocycles. The molecule has 0 amide bonds. The molecule has 1 N–H and O–H groups in total. The van der Waals surface area contributed by atoms with E-state index in [9.17, 15) is 9.90 Å². The van der Waals surface area contributed by atoms with Crippen LogP contribution in [0, 0.1) is 34.5 Å². The smallest absolute Gasteiger partial charge is 0.304 e. The summed E-state index contributed by atoms with van der Waals surface area (Å²) < 4.78 is 0. The first kappa shape index (κ1) is 15.7. The molecule has 0 aromatic carbocycles. The monoisotopic (exact) mass is 331 g/mol. The molecule has 8 atom stereocenters. The number of carbonyl (C=O) groups is 1. The van der Waals surface area contributed by atoms with Crippen molar-refractivity contribution in [2.24, 2.45) is 34.5 Å². The molecule has 134 valence electrons. The Morgan fingerprint density at radius 3 is 2.71 bits per heavy atom. The predicted molar refractivity (Wildman–Crippen MR) is 93.6 cm³/mol. The molecule has 3 saturated heterocycles. The summed E-state index contributed by atoms with van der Waals surface area (Å²) in [6.45, 7) is 8.54. The number of fused-ring (bicyclic) bond motifs is 2. The highest BCUT2D eigenvalue weighted by Gasteiger charge is 2.80. The fourth-order valence-electron chi connectivity index (χ4n) is 9.08. The van der Waals surface area contributed by atoms with E-state index in [1.807, 2.05) is 0 Å². The van der Waals surface area contributed by atoms with Crippen LogP contribution in [0.25, 0.3) is 0 Å². The molecule has 24 heavy (non-hydrogen) atoms. The average Bonchev–Trinajstić information content (AvgIpc) is 2.97. The fourth-order valence-corrected chi connectivity index (χ4v) is 9.08. The number of aliphatic carboxylic acids is 1. The maximum absolute atomic E-state index is 12.1. The third-order valence-corrected chi connectivity index (χ3v) is 9.82. The molecular weight excluding hydrogens is 298 g/mol. The van der Waals surface area contributed by atoms with Gasteiger partial charge in [-0.05, 0) is 67.6 Å². The lowest BCUT2D eigenvalue weighted by molar-refractivity contribution is -0.189. The summed E-state index contributed by atoms with van der Waals surface area (Å²) in [7, 11) is 0. The summed E-state index contributed by atoms with van der Waals surface area (Å²) in [6, 6.07) is 0.536. The molecule has 5 rings (SSSR count). The van der Waals surface area contributed by atoms with Crippen molar-refractivity contribution in [3.05, 3.63) is 0 Å². The standard InChI is InChI=1S/C21H33NO2/c1-13(2)15-7-9-19(3)14-6-10-20-8-4-5-16(20)21(19,11-17(23)24)18(15)22(20)12-14/h13-16,18H,4-12H2,1-3H3,(H,23,24)/t14-,15-,16-,18+,19+,20-,21+/m1/s1. The molecule has 3 aliphatic heterocycles. The van der Waals surface area contributed by atoms with Crippen LogP contribution < -0.4 is 0 Å². The molecule has 0 radical (unpaired) electrons. The molecule has 2 aliphatic carbocycles. The lowest BCUT2D eigenvalue weighted by Crippen LogP contribution is -2.68. The number of piperidine rings is 2. The number of hydrogen-bond acceptors (Lipinski definition) is 2. The van der Waals surface area contributed by atoms with Gasteiger partial charge in [0.15, 0.2) is 0 Å². The van der Waals surface area contributed by atoms with Gasteiger partial charge in [0.1, 0.15) is 0 Å². The summed E-state index contributed by atoms with van der Waals surface area (Å²) in [5.41, 5.74) is 0.666. The second-order valence-electron chi connectivity index (χ2n) is 10.4. The van der Waals surface area contributed by atoms with E-state index in [4.69, 9.17) is 0 Å². The number of carboxylic acids is 1. The predicted octanol–water partition coefficient (Wildman–Crippen LogP) is 4.17. The number of nitrogens with zero attached hydrogens (tertiary/aromatic N) is 1. The molecule has 5 bridgehead atoms. The van der Waals surface area contributed by atoms with Crippen LogP contribution in [0.2, 0.25) is 0 Å². The van der Waals surface area contributed by atoms with E-state index in [0.29, 0.717) is 35.8 Å². The molecule has 1 spiro atoms. The van der Waals surface area contributed by atoms with Gasteiger partial charge < -0.3 is 5.11 Å². The highest BCUT2D eigenvalue weighted by molar-refractivity contribution is 5.69. The van der Waals surface area contributed by atoms with Crippen LogP contribution in [-0.2, 0) is 4.79 Å². The van der Waals surface area contributed by atoms with Crippen molar-refractivity contribution in [3.63, 3.8) is 0 Å². The molecule has 2 saturated carbocycles. The van der Waals surface area contributed by atoms with Gasteiger partial charge in [0, 0.05) is 23.5 Å². The van der Waals surface area contributed by atoms with Gasteiger partial charge in [-0.1, -0.05) is 27.2 Å². The fraction of sp³-hybridized carbons (Fsp3) is 0.952. The first-order valence-electron chi connectivity index (χ1n) is 10.4. The third kappa shape index (κ3) is 1.45. The largest absolute Gasteiger partial charge is 0.481 e. The van der Waals surface area contributed by atoms with E-state index in [0.717, 1.165) is 5.92 Å². The van der Waals surface area contributed by atoms with Crippen molar-refractivity contribution in [3.8, 4) is 0 Å². The molecule has 1 unspecified atom stereocenters. The van der Waals surface area contributed by atoms with E-state index in [1.165, 1.54) is 51.5 Å². The quantitative estimate of drug-likeness (QED) is 0.844. The summed E-state index contributed by atoms with van der Waals surface area (Å²) >= 11 is 0. The zero-order valence-electron chi connectivity index (χ0n) is 15.6. The van der Waals surface area contributed by atoms with E-state index in [-0.39, 0.29) is 10.8 Å². The molecule has 5 aliphatic rings. The number of carboxylic acid groups (broad SMARTS) is 1. The van der Waals surface area contributed by atoms with E-state index in [1.54, 1.807) is 0 Å². The van der Waals surface area contributed by atoms with Crippen LogP contribution in [0.15, 0.2) is 0 Å². The van der Waals surface area contributed by atoms with E-state index < -0.39 is 5.97 Å². The van der Waals surface area contributed by atoms with Crippen molar-refractivity contribution in [1.29, 1.82) is 0 Å². The second-order valence-corrected chi connectivity index (χ2v) is 10.4. The first-order valence-corrected chi connectivity index (χ1v) is 10.4. The van der Waals surface area contributed by atoms with Gasteiger partial charge in [-0.3, -0.25) is 9.69 Å². The Kier molecular flexibility index (Phi) is 2.99. The molecule has 5 fully saturated rings. The van der Waals surface area contributed by atoms with Crippen LogP contribution in [0.3, 0.4) is 0 Å². The van der Waals surface area contributed by atoms with Crippen molar-refractivity contribution < 1.29 is 9.90 Å². The van der Waals surface area contributed by atoms with Crippen LogP contribution in [0.1, 0.15) is 72.1 Å². The van der Waals surface area contributed by atoms with Crippen LogP contribution in [0.5, 0.6) is 0 Å². The van der Waals surface area contributed by atoms with Gasteiger partial charge in [0.05, 0.1) is 6.42 Å². The van der Waals surface area contributed by atoms with Crippen LogP contribution >= 0.6 is 0 Å². The highest BCUT2D eigenvalue weighted by atomic mass is 16.4. The van der Waals surface area contributed by atoms with Crippen molar-refractivity contribution in [2.45, 2.75) is 83.7 Å². The number of rotatable bonds is 3. The Hall–Kier alpha value is -0.570. The Labute approximate surface area is 146 Å². The second kappa shape index (κ2) is 4.58. The normalized spacial score (nSPS) is 57.4. The van der Waals surface area contributed by atoms with Crippen LogP contribution in [0.4, 0.5) is 0 Å². The lowest BCUT2D eigenvalue weighted by atomic mass is 9.42. The SMILES string of the molecule is CC(C)[C@H]1CC[C@@]2(C)[C@@H]3CC[C@]45CCC[C@H]4[C@@]2(CC(=O)O)[C@H]1N5C3. The van der Waals surface area contributed by atoms with Crippen molar-refractivity contribution in [1.82, 2.24) is 4.90 Å². The minimum absolute atomic E-state index is 0.0436. The molecule has 0 aromatic rings. The molecule has 3 heteroatoms. The Morgan fingerprint density at radius 1 is 1.21 bits per heavy atom. The lowest BCUT2D eigenvalue weighted by Gasteiger charge is -2.66. The average molecular weight is 332 g/mol. The van der Waals surface area contributed by atoms with Gasteiger partial charge >= 0.3 is 5.97 Å². The zero-order valence-corrected chi connectivity index (χ0v) is 15.6. The summed E-state index contributed by atoms with van der Waals surface area (Å²) in [4.78, 5) is 15.0. The molecule has 3 heterocycles. The first-order chi connectivity index (χ1) is 11.4. The Morgan fingerprint density at radius 2 is 2.00 bits per heavy atom. The topological polar surface area (TPSA) is 40.5 Å². The van der Waals surface area contributed by atoms with Gasteiger partial charge in [0.25, 0.3) is 0 Å². The summed E-state index contributed by atoms with van der Waals surface area (Å²) in [6.07, 6.45) is 9.65. The molecule has 3 nitrogen and oxygen atoms in total. The third-order valence-electron chi connectivity index (χ3n) is 9.82. The van der Waals surface area contributed by atoms with E-state index in [2.05, 4.69) is 25.7 Å².